The number of rotatable bonds is 7. The molecule has 1 aliphatic rings. The van der Waals surface area contributed by atoms with Crippen molar-refractivity contribution < 1.29 is 14.3 Å². The van der Waals surface area contributed by atoms with Gasteiger partial charge in [0.25, 0.3) is 0 Å². The van der Waals surface area contributed by atoms with E-state index < -0.39 is 0 Å². The minimum atomic E-state index is -0.202. The van der Waals surface area contributed by atoms with Gasteiger partial charge in [0.2, 0.25) is 0 Å². The summed E-state index contributed by atoms with van der Waals surface area (Å²) in [7, 11) is 0. The van der Waals surface area contributed by atoms with Crippen LogP contribution in [0, 0.1) is 0 Å². The molecule has 2 atom stereocenters. The fourth-order valence-corrected chi connectivity index (χ4v) is 2.07. The molecule has 1 aliphatic heterocycles. The van der Waals surface area contributed by atoms with E-state index in [9.17, 15) is 4.79 Å². The van der Waals surface area contributed by atoms with Gasteiger partial charge in [0, 0.05) is 6.92 Å². The van der Waals surface area contributed by atoms with E-state index in [-0.39, 0.29) is 23.8 Å². The highest BCUT2D eigenvalue weighted by Gasteiger charge is 2.53. The summed E-state index contributed by atoms with van der Waals surface area (Å²) in [6, 6.07) is 0. The van der Waals surface area contributed by atoms with Crippen LogP contribution in [0.2, 0.25) is 0 Å². The minimum Gasteiger partial charge on any atom is -0.460 e. The molecule has 0 aliphatic carbocycles. The first-order chi connectivity index (χ1) is 7.47. The van der Waals surface area contributed by atoms with E-state index in [1.165, 1.54) is 26.2 Å². The Balaban J connectivity index is 2.31. The Morgan fingerprint density at radius 1 is 1.38 bits per heavy atom. The predicted octanol–water partition coefficient (Wildman–Crippen LogP) is 3.07. The number of hydrogen-bond acceptors (Lipinski definition) is 3. The fourth-order valence-electron chi connectivity index (χ4n) is 2.07. The van der Waals surface area contributed by atoms with Crippen molar-refractivity contribution in [1.82, 2.24) is 0 Å². The highest BCUT2D eigenvalue weighted by atomic mass is 16.6. The molecule has 16 heavy (non-hydrogen) atoms. The summed E-state index contributed by atoms with van der Waals surface area (Å²) in [5.74, 6) is -0.202. The van der Waals surface area contributed by atoms with Crippen LogP contribution < -0.4 is 0 Å². The summed E-state index contributed by atoms with van der Waals surface area (Å²) >= 11 is 0. The Labute approximate surface area is 98.5 Å². The maximum atomic E-state index is 11.0. The van der Waals surface area contributed by atoms with E-state index in [2.05, 4.69) is 6.92 Å². The Bertz CT molecular complexity index is 235. The summed E-state index contributed by atoms with van der Waals surface area (Å²) in [5, 5.41) is 0. The highest BCUT2D eigenvalue weighted by molar-refractivity contribution is 5.66. The number of esters is 1. The van der Waals surface area contributed by atoms with Crippen LogP contribution >= 0.6 is 0 Å². The first-order valence-corrected chi connectivity index (χ1v) is 6.32. The van der Waals surface area contributed by atoms with Gasteiger partial charge in [-0.15, -0.1) is 0 Å². The van der Waals surface area contributed by atoms with Gasteiger partial charge in [0.1, 0.15) is 12.2 Å². The van der Waals surface area contributed by atoms with Crippen molar-refractivity contribution in [3.8, 4) is 0 Å². The van der Waals surface area contributed by atoms with Crippen LogP contribution in [0.5, 0.6) is 0 Å². The average molecular weight is 228 g/mol. The lowest BCUT2D eigenvalue weighted by atomic mass is 10.0. The fraction of sp³-hybridized carbons (Fsp3) is 0.923. The summed E-state index contributed by atoms with van der Waals surface area (Å²) in [5.41, 5.74) is -0.106. The van der Waals surface area contributed by atoms with Gasteiger partial charge < -0.3 is 9.47 Å². The van der Waals surface area contributed by atoms with Crippen molar-refractivity contribution in [2.75, 3.05) is 0 Å². The van der Waals surface area contributed by atoms with Gasteiger partial charge in [0.05, 0.1) is 5.60 Å². The Morgan fingerprint density at radius 3 is 2.44 bits per heavy atom. The molecule has 3 heteroatoms. The lowest BCUT2D eigenvalue weighted by Crippen LogP contribution is -2.26. The molecular weight excluding hydrogens is 204 g/mol. The number of epoxide rings is 1. The second kappa shape index (κ2) is 5.67. The lowest BCUT2D eigenvalue weighted by Gasteiger charge is -2.15. The van der Waals surface area contributed by atoms with Gasteiger partial charge in [0.15, 0.2) is 0 Å². The molecule has 0 N–H and O–H groups in total. The molecule has 1 heterocycles. The summed E-state index contributed by atoms with van der Waals surface area (Å²) < 4.78 is 10.9. The van der Waals surface area contributed by atoms with Crippen LogP contribution in [0.1, 0.15) is 59.8 Å². The third-order valence-electron chi connectivity index (χ3n) is 3.06. The Hall–Kier alpha value is -0.570. The van der Waals surface area contributed by atoms with Gasteiger partial charge in [-0.3, -0.25) is 4.79 Å². The second-order valence-corrected chi connectivity index (χ2v) is 5.14. The summed E-state index contributed by atoms with van der Waals surface area (Å²) in [6.07, 6.45) is 5.77. The molecule has 2 unspecified atom stereocenters. The number of ether oxygens (including phenoxy) is 2. The van der Waals surface area contributed by atoms with Crippen molar-refractivity contribution in [3.05, 3.63) is 0 Å². The molecule has 0 radical (unpaired) electrons. The van der Waals surface area contributed by atoms with Gasteiger partial charge in [-0.05, 0) is 26.7 Å². The summed E-state index contributed by atoms with van der Waals surface area (Å²) in [4.78, 5) is 11.0. The number of hydrogen-bond donors (Lipinski definition) is 0. The number of carbonyl (C=O) groups excluding carboxylic acids is 1. The van der Waals surface area contributed by atoms with Crippen LogP contribution in [0.4, 0.5) is 0 Å². The molecule has 0 aromatic heterocycles. The number of unbranched alkanes of at least 4 members (excludes halogenated alkanes) is 3. The maximum absolute atomic E-state index is 11.0. The zero-order chi connectivity index (χ0) is 12.2. The van der Waals surface area contributed by atoms with Crippen molar-refractivity contribution >= 4 is 5.97 Å². The minimum absolute atomic E-state index is 0.0515. The smallest absolute Gasteiger partial charge is 0.302 e. The van der Waals surface area contributed by atoms with Crippen LogP contribution in [0.25, 0.3) is 0 Å². The van der Waals surface area contributed by atoms with Crippen molar-refractivity contribution in [2.24, 2.45) is 0 Å². The zero-order valence-corrected chi connectivity index (χ0v) is 10.9. The first-order valence-electron chi connectivity index (χ1n) is 6.32. The van der Waals surface area contributed by atoms with Crippen molar-refractivity contribution in [2.45, 2.75) is 77.6 Å². The third-order valence-corrected chi connectivity index (χ3v) is 3.06. The average Bonchev–Trinajstić information content (AvgIpc) is 2.80. The lowest BCUT2D eigenvalue weighted by molar-refractivity contribution is -0.147. The molecule has 0 aromatic rings. The molecule has 1 saturated heterocycles. The first kappa shape index (κ1) is 13.5. The predicted molar refractivity (Wildman–Crippen MR) is 63.3 cm³/mol. The summed E-state index contributed by atoms with van der Waals surface area (Å²) in [6.45, 7) is 7.74. The van der Waals surface area contributed by atoms with Gasteiger partial charge in [-0.1, -0.05) is 26.2 Å². The molecule has 0 bridgehead atoms. The SMILES string of the molecule is CCCCCCC(OC(C)=O)C1OC1(C)C. The Morgan fingerprint density at radius 2 is 2.00 bits per heavy atom. The van der Waals surface area contributed by atoms with Crippen molar-refractivity contribution in [3.63, 3.8) is 0 Å². The molecular formula is C13H24O3. The monoisotopic (exact) mass is 228 g/mol. The molecule has 1 fully saturated rings. The van der Waals surface area contributed by atoms with E-state index in [1.807, 2.05) is 13.8 Å². The van der Waals surface area contributed by atoms with E-state index in [0.29, 0.717) is 0 Å². The van der Waals surface area contributed by atoms with Crippen molar-refractivity contribution in [1.29, 1.82) is 0 Å². The molecule has 1 rings (SSSR count). The third kappa shape index (κ3) is 4.12. The highest BCUT2D eigenvalue weighted by Crippen LogP contribution is 2.40. The zero-order valence-electron chi connectivity index (χ0n) is 10.9. The van der Waals surface area contributed by atoms with Gasteiger partial charge in [-0.25, -0.2) is 0 Å². The number of carbonyl (C=O) groups is 1. The maximum Gasteiger partial charge on any atom is 0.302 e. The quantitative estimate of drug-likeness (QED) is 0.382. The van der Waals surface area contributed by atoms with Crippen LogP contribution in [0.3, 0.4) is 0 Å². The molecule has 3 nitrogen and oxygen atoms in total. The van der Waals surface area contributed by atoms with E-state index >= 15 is 0 Å². The Kier molecular flexibility index (Phi) is 4.78. The van der Waals surface area contributed by atoms with E-state index in [4.69, 9.17) is 9.47 Å². The molecule has 94 valence electrons. The molecule has 0 aromatic carbocycles. The van der Waals surface area contributed by atoms with E-state index in [1.54, 1.807) is 0 Å². The normalized spacial score (nSPS) is 23.9. The molecule has 0 saturated carbocycles. The molecule has 0 amide bonds. The second-order valence-electron chi connectivity index (χ2n) is 5.14. The van der Waals surface area contributed by atoms with Gasteiger partial charge in [-0.2, -0.15) is 0 Å². The van der Waals surface area contributed by atoms with E-state index in [0.717, 1.165) is 12.8 Å². The van der Waals surface area contributed by atoms with Crippen LogP contribution in [-0.4, -0.2) is 23.8 Å². The standard InChI is InChI=1S/C13H24O3/c1-5-6-7-8-9-11(15-10(2)14)12-13(3,4)16-12/h11-12H,5-9H2,1-4H3. The van der Waals surface area contributed by atoms with Crippen LogP contribution in [0.15, 0.2) is 0 Å². The largest absolute Gasteiger partial charge is 0.460 e. The van der Waals surface area contributed by atoms with Gasteiger partial charge >= 0.3 is 5.97 Å². The topological polar surface area (TPSA) is 38.8 Å². The molecule has 0 spiro atoms. The van der Waals surface area contributed by atoms with Crippen LogP contribution in [-0.2, 0) is 14.3 Å².